The maximum atomic E-state index is 3.58. The summed E-state index contributed by atoms with van der Waals surface area (Å²) in [7, 11) is 0. The predicted octanol–water partition coefficient (Wildman–Crippen LogP) is 3.27. The lowest BCUT2D eigenvalue weighted by molar-refractivity contribution is 0.180. The molecule has 0 radical (unpaired) electrons. The monoisotopic (exact) mass is 266 g/mol. The van der Waals surface area contributed by atoms with E-state index < -0.39 is 0 Å². The van der Waals surface area contributed by atoms with Gasteiger partial charge in [0.25, 0.3) is 0 Å². The summed E-state index contributed by atoms with van der Waals surface area (Å²) in [5, 5.41) is 5.82. The van der Waals surface area contributed by atoms with Crippen LogP contribution in [0.15, 0.2) is 11.4 Å². The van der Waals surface area contributed by atoms with Gasteiger partial charge in [0.2, 0.25) is 0 Å². The molecule has 0 aromatic carbocycles. The summed E-state index contributed by atoms with van der Waals surface area (Å²) < 4.78 is 0. The quantitative estimate of drug-likeness (QED) is 0.900. The third kappa shape index (κ3) is 3.81. The lowest BCUT2D eigenvalue weighted by Crippen LogP contribution is -2.42. The number of thiophene rings is 1. The molecule has 1 aliphatic heterocycles. The molecule has 102 valence electrons. The van der Waals surface area contributed by atoms with Gasteiger partial charge < -0.3 is 5.32 Å². The average Bonchev–Trinajstić information content (AvgIpc) is 2.73. The van der Waals surface area contributed by atoms with Crippen molar-refractivity contribution in [2.75, 3.05) is 13.1 Å². The fourth-order valence-corrected chi connectivity index (χ4v) is 3.37. The lowest BCUT2D eigenvalue weighted by Gasteiger charge is -2.33. The molecule has 18 heavy (non-hydrogen) atoms. The summed E-state index contributed by atoms with van der Waals surface area (Å²) in [6.45, 7) is 12.5. The van der Waals surface area contributed by atoms with Crippen molar-refractivity contribution in [3.63, 3.8) is 0 Å². The Morgan fingerprint density at radius 2 is 2.22 bits per heavy atom. The molecule has 0 aliphatic carbocycles. The summed E-state index contributed by atoms with van der Waals surface area (Å²) in [6, 6.07) is 2.97. The first-order valence-corrected chi connectivity index (χ1v) is 7.88. The summed E-state index contributed by atoms with van der Waals surface area (Å²) >= 11 is 1.92. The molecule has 1 atom stereocenters. The van der Waals surface area contributed by atoms with Crippen molar-refractivity contribution in [1.29, 1.82) is 0 Å². The van der Waals surface area contributed by atoms with E-state index in [0.29, 0.717) is 6.04 Å². The molecule has 0 spiro atoms. The second-order valence-electron chi connectivity index (χ2n) is 6.40. The fraction of sp³-hybridized carbons (Fsp3) is 0.733. The second kappa shape index (κ2) is 5.72. The van der Waals surface area contributed by atoms with Crippen molar-refractivity contribution >= 4 is 11.3 Å². The van der Waals surface area contributed by atoms with Gasteiger partial charge in [-0.15, -0.1) is 11.3 Å². The van der Waals surface area contributed by atoms with Gasteiger partial charge in [-0.3, -0.25) is 4.90 Å². The number of rotatable bonds is 4. The maximum Gasteiger partial charge on any atom is 0.0247 e. The van der Waals surface area contributed by atoms with E-state index in [4.69, 9.17) is 0 Å². The van der Waals surface area contributed by atoms with E-state index in [-0.39, 0.29) is 5.54 Å². The van der Waals surface area contributed by atoms with Crippen LogP contribution in [0.25, 0.3) is 0 Å². The number of hydrogen-bond donors (Lipinski definition) is 1. The van der Waals surface area contributed by atoms with E-state index in [1.807, 2.05) is 11.3 Å². The Morgan fingerprint density at radius 1 is 1.44 bits per heavy atom. The number of nitrogens with one attached hydrogen (secondary N) is 1. The molecule has 1 aromatic rings. The van der Waals surface area contributed by atoms with E-state index in [2.05, 4.69) is 49.4 Å². The highest BCUT2D eigenvalue weighted by molar-refractivity contribution is 7.10. The van der Waals surface area contributed by atoms with Crippen LogP contribution < -0.4 is 5.32 Å². The standard InChI is InChI=1S/C15H26N2S/c1-12(5-8-16-15(2,3)4)17-9-6-14-13(11-17)7-10-18-14/h7,10,12,16H,5-6,8-9,11H2,1-4H3. The predicted molar refractivity (Wildman–Crippen MR) is 80.3 cm³/mol. The maximum absolute atomic E-state index is 3.58. The Labute approximate surface area is 115 Å². The van der Waals surface area contributed by atoms with Gasteiger partial charge in [-0.1, -0.05) is 0 Å². The van der Waals surface area contributed by atoms with Gasteiger partial charge in [0.05, 0.1) is 0 Å². The third-order valence-corrected chi connectivity index (χ3v) is 4.70. The molecule has 1 aromatic heterocycles. The van der Waals surface area contributed by atoms with Crippen LogP contribution in [0, 0.1) is 0 Å². The number of nitrogens with zero attached hydrogens (tertiary/aromatic N) is 1. The minimum absolute atomic E-state index is 0.238. The normalized spacial score (nSPS) is 18.7. The van der Waals surface area contributed by atoms with E-state index in [1.54, 1.807) is 10.4 Å². The molecule has 2 nitrogen and oxygen atoms in total. The Kier molecular flexibility index (Phi) is 4.46. The summed E-state index contributed by atoms with van der Waals surface area (Å²) in [5.74, 6) is 0. The summed E-state index contributed by atoms with van der Waals surface area (Å²) in [6.07, 6.45) is 2.47. The van der Waals surface area contributed by atoms with Crippen molar-refractivity contribution in [3.8, 4) is 0 Å². The van der Waals surface area contributed by atoms with Gasteiger partial charge >= 0.3 is 0 Å². The van der Waals surface area contributed by atoms with Gasteiger partial charge in [0.1, 0.15) is 0 Å². The zero-order valence-corrected chi connectivity index (χ0v) is 12.9. The van der Waals surface area contributed by atoms with Crippen LogP contribution in [0.4, 0.5) is 0 Å². The molecule has 0 bridgehead atoms. The highest BCUT2D eigenvalue weighted by Crippen LogP contribution is 2.25. The van der Waals surface area contributed by atoms with Crippen molar-refractivity contribution in [2.24, 2.45) is 0 Å². The first-order valence-electron chi connectivity index (χ1n) is 7.00. The van der Waals surface area contributed by atoms with Crippen LogP contribution in [0.3, 0.4) is 0 Å². The van der Waals surface area contributed by atoms with Crippen molar-refractivity contribution in [3.05, 3.63) is 21.9 Å². The van der Waals surface area contributed by atoms with E-state index in [9.17, 15) is 0 Å². The minimum atomic E-state index is 0.238. The first kappa shape index (κ1) is 14.0. The van der Waals surface area contributed by atoms with Gasteiger partial charge in [0.15, 0.2) is 0 Å². The summed E-state index contributed by atoms with van der Waals surface area (Å²) in [5.41, 5.74) is 1.80. The molecule has 1 N–H and O–H groups in total. The topological polar surface area (TPSA) is 15.3 Å². The Balaban J connectivity index is 1.79. The fourth-order valence-electron chi connectivity index (χ4n) is 2.49. The van der Waals surface area contributed by atoms with Gasteiger partial charge in [-0.05, 0) is 64.1 Å². The van der Waals surface area contributed by atoms with Gasteiger partial charge in [-0.2, -0.15) is 0 Å². The Hall–Kier alpha value is -0.380. The van der Waals surface area contributed by atoms with Gasteiger partial charge in [-0.25, -0.2) is 0 Å². The Bertz CT molecular complexity index is 378. The molecule has 1 aliphatic rings. The van der Waals surface area contributed by atoms with Crippen LogP contribution in [0.1, 0.15) is 44.6 Å². The zero-order chi connectivity index (χ0) is 13.2. The molecule has 0 fully saturated rings. The molecule has 2 heterocycles. The van der Waals surface area contributed by atoms with E-state index >= 15 is 0 Å². The average molecular weight is 266 g/mol. The van der Waals surface area contributed by atoms with Crippen LogP contribution >= 0.6 is 11.3 Å². The largest absolute Gasteiger partial charge is 0.312 e. The van der Waals surface area contributed by atoms with Crippen LogP contribution in [0.2, 0.25) is 0 Å². The van der Waals surface area contributed by atoms with Crippen LogP contribution in [-0.2, 0) is 13.0 Å². The van der Waals surface area contributed by atoms with Crippen LogP contribution in [0.5, 0.6) is 0 Å². The molecule has 3 heteroatoms. The zero-order valence-electron chi connectivity index (χ0n) is 12.1. The van der Waals surface area contributed by atoms with Crippen molar-refractivity contribution < 1.29 is 0 Å². The smallest absolute Gasteiger partial charge is 0.0247 e. The van der Waals surface area contributed by atoms with E-state index in [1.165, 1.54) is 19.4 Å². The Morgan fingerprint density at radius 3 is 2.94 bits per heavy atom. The molecular weight excluding hydrogens is 240 g/mol. The molecular formula is C15H26N2S. The molecule has 0 amide bonds. The third-order valence-electron chi connectivity index (χ3n) is 3.68. The van der Waals surface area contributed by atoms with Crippen molar-refractivity contribution in [2.45, 2.75) is 58.7 Å². The molecule has 0 saturated heterocycles. The molecule has 2 rings (SSSR count). The van der Waals surface area contributed by atoms with Gasteiger partial charge in [0, 0.05) is 29.5 Å². The minimum Gasteiger partial charge on any atom is -0.312 e. The SMILES string of the molecule is CC(CCNC(C)(C)C)N1CCc2sccc2C1. The number of fused-ring (bicyclic) bond motifs is 1. The van der Waals surface area contributed by atoms with Crippen LogP contribution in [-0.4, -0.2) is 29.6 Å². The highest BCUT2D eigenvalue weighted by atomic mass is 32.1. The second-order valence-corrected chi connectivity index (χ2v) is 7.40. The van der Waals surface area contributed by atoms with Crippen molar-refractivity contribution in [1.82, 2.24) is 10.2 Å². The lowest BCUT2D eigenvalue weighted by atomic mass is 10.1. The molecule has 1 unspecified atom stereocenters. The van der Waals surface area contributed by atoms with E-state index in [0.717, 1.165) is 13.1 Å². The number of hydrogen-bond acceptors (Lipinski definition) is 3. The first-order chi connectivity index (χ1) is 8.46. The molecule has 0 saturated carbocycles. The highest BCUT2D eigenvalue weighted by Gasteiger charge is 2.21. The summed E-state index contributed by atoms with van der Waals surface area (Å²) in [4.78, 5) is 4.23.